The highest BCUT2D eigenvalue weighted by molar-refractivity contribution is 7.86. The summed E-state index contributed by atoms with van der Waals surface area (Å²) in [5, 5.41) is 2.97. The summed E-state index contributed by atoms with van der Waals surface area (Å²) < 4.78 is 14.3. The maximum Gasteiger partial charge on any atom is 0.172 e. The summed E-state index contributed by atoms with van der Waals surface area (Å²) in [4.78, 5) is 0. The van der Waals surface area contributed by atoms with Crippen LogP contribution in [0, 0.1) is 13.8 Å². The van der Waals surface area contributed by atoms with Gasteiger partial charge in [-0.25, -0.2) is 0 Å². The van der Waals surface area contributed by atoms with Gasteiger partial charge in [0.15, 0.2) is 7.14 Å². The third-order valence-corrected chi connectivity index (χ3v) is 8.01. The molecular weight excluding hydrogens is 287 g/mol. The molecular formula is C20H17OP. The van der Waals surface area contributed by atoms with Gasteiger partial charge in [0.25, 0.3) is 0 Å². The van der Waals surface area contributed by atoms with E-state index >= 15 is 0 Å². The normalized spacial score (nSPS) is 18.8. The fraction of sp³-hybridized carbons (Fsp3) is 0.100. The molecule has 0 saturated carbocycles. The Morgan fingerprint density at radius 1 is 0.636 bits per heavy atom. The number of hydrogen-bond donors (Lipinski definition) is 0. The Morgan fingerprint density at radius 3 is 2.00 bits per heavy atom. The molecule has 3 aromatic carbocycles. The van der Waals surface area contributed by atoms with Crippen LogP contribution < -0.4 is 15.9 Å². The molecule has 0 radical (unpaired) electrons. The fourth-order valence-electron chi connectivity index (χ4n) is 3.56. The summed E-state index contributed by atoms with van der Waals surface area (Å²) in [6.45, 7) is 4.11. The van der Waals surface area contributed by atoms with Gasteiger partial charge in [0.1, 0.15) is 0 Å². The molecule has 0 aromatic heterocycles. The zero-order valence-electron chi connectivity index (χ0n) is 12.7. The Hall–Kier alpha value is -2.11. The molecule has 108 valence electrons. The highest BCUT2D eigenvalue weighted by Gasteiger charge is 2.41. The summed E-state index contributed by atoms with van der Waals surface area (Å²) in [5.41, 5.74) is 4.45. The molecule has 2 heteroatoms. The molecule has 22 heavy (non-hydrogen) atoms. The van der Waals surface area contributed by atoms with E-state index in [0.717, 1.165) is 38.2 Å². The van der Waals surface area contributed by atoms with E-state index in [1.807, 2.05) is 49.4 Å². The minimum atomic E-state index is -2.78. The van der Waals surface area contributed by atoms with E-state index in [0.29, 0.717) is 0 Å². The van der Waals surface area contributed by atoms with Crippen LogP contribution in [0.15, 0.2) is 66.7 Å². The molecule has 0 amide bonds. The number of benzene rings is 3. The smallest absolute Gasteiger partial charge is 0.172 e. The first kappa shape index (κ1) is 13.5. The third kappa shape index (κ3) is 1.63. The van der Waals surface area contributed by atoms with Crippen LogP contribution >= 0.6 is 7.14 Å². The van der Waals surface area contributed by atoms with E-state index in [9.17, 15) is 4.57 Å². The van der Waals surface area contributed by atoms with Crippen molar-refractivity contribution in [2.75, 3.05) is 0 Å². The van der Waals surface area contributed by atoms with E-state index in [1.54, 1.807) is 0 Å². The summed E-state index contributed by atoms with van der Waals surface area (Å²) >= 11 is 0. The molecule has 4 rings (SSSR count). The fourth-order valence-corrected chi connectivity index (χ4v) is 7.10. The van der Waals surface area contributed by atoms with Crippen molar-refractivity contribution in [2.24, 2.45) is 0 Å². The van der Waals surface area contributed by atoms with Gasteiger partial charge in [0.2, 0.25) is 0 Å². The van der Waals surface area contributed by atoms with E-state index in [-0.39, 0.29) is 0 Å². The van der Waals surface area contributed by atoms with Gasteiger partial charge in [-0.2, -0.15) is 0 Å². The first-order chi connectivity index (χ1) is 10.6. The SMILES string of the molecule is Cc1ccccc1P1(=O)c2ccccc2-c2cccc(C)c21. The molecule has 1 nitrogen and oxygen atoms in total. The molecule has 0 saturated heterocycles. The minimum absolute atomic E-state index is 0.968. The van der Waals surface area contributed by atoms with Crippen molar-refractivity contribution in [1.29, 1.82) is 0 Å². The second kappa shape index (κ2) is 4.69. The summed E-state index contributed by atoms with van der Waals surface area (Å²) in [6, 6.07) is 22.4. The van der Waals surface area contributed by atoms with Gasteiger partial charge >= 0.3 is 0 Å². The third-order valence-electron chi connectivity index (χ3n) is 4.54. The van der Waals surface area contributed by atoms with Gasteiger partial charge in [-0.05, 0) is 36.1 Å². The average Bonchev–Trinajstić information content (AvgIpc) is 2.80. The van der Waals surface area contributed by atoms with Crippen LogP contribution in [0.2, 0.25) is 0 Å². The summed E-state index contributed by atoms with van der Waals surface area (Å²) in [5.74, 6) is 0. The van der Waals surface area contributed by atoms with Crippen molar-refractivity contribution in [2.45, 2.75) is 13.8 Å². The second-order valence-corrected chi connectivity index (χ2v) is 8.51. The Balaban J connectivity index is 2.18. The van der Waals surface area contributed by atoms with Gasteiger partial charge in [-0.1, -0.05) is 66.7 Å². The van der Waals surface area contributed by atoms with E-state index in [1.165, 1.54) is 0 Å². The maximum atomic E-state index is 14.3. The van der Waals surface area contributed by atoms with Crippen molar-refractivity contribution in [3.63, 3.8) is 0 Å². The molecule has 1 aliphatic rings. The van der Waals surface area contributed by atoms with E-state index < -0.39 is 7.14 Å². The Morgan fingerprint density at radius 2 is 1.23 bits per heavy atom. The lowest BCUT2D eigenvalue weighted by Crippen LogP contribution is -2.24. The first-order valence-corrected chi connectivity index (χ1v) is 9.21. The minimum Gasteiger partial charge on any atom is -0.309 e. The van der Waals surface area contributed by atoms with Gasteiger partial charge in [-0.15, -0.1) is 0 Å². The first-order valence-electron chi connectivity index (χ1n) is 7.50. The molecule has 3 aromatic rings. The molecule has 0 spiro atoms. The molecule has 0 bridgehead atoms. The average molecular weight is 304 g/mol. The van der Waals surface area contributed by atoms with Crippen LogP contribution in [0.3, 0.4) is 0 Å². The van der Waals surface area contributed by atoms with Crippen molar-refractivity contribution >= 4 is 23.1 Å². The van der Waals surface area contributed by atoms with Gasteiger partial charge in [0.05, 0.1) is 0 Å². The van der Waals surface area contributed by atoms with Gasteiger partial charge in [0, 0.05) is 15.9 Å². The number of rotatable bonds is 1. The lowest BCUT2D eigenvalue weighted by Gasteiger charge is -2.19. The van der Waals surface area contributed by atoms with E-state index in [2.05, 4.69) is 31.2 Å². The molecule has 1 atom stereocenters. The molecule has 1 aliphatic heterocycles. The largest absolute Gasteiger partial charge is 0.309 e. The van der Waals surface area contributed by atoms with E-state index in [4.69, 9.17) is 0 Å². The lowest BCUT2D eigenvalue weighted by atomic mass is 10.0. The predicted octanol–water partition coefficient (Wildman–Crippen LogP) is 3.92. The molecule has 0 aliphatic carbocycles. The van der Waals surface area contributed by atoms with Gasteiger partial charge in [-0.3, -0.25) is 0 Å². The highest BCUT2D eigenvalue weighted by atomic mass is 31.2. The predicted molar refractivity (Wildman–Crippen MR) is 94.3 cm³/mol. The van der Waals surface area contributed by atoms with Crippen LogP contribution in [0.25, 0.3) is 11.1 Å². The topological polar surface area (TPSA) is 17.1 Å². The van der Waals surface area contributed by atoms with Gasteiger partial charge < -0.3 is 4.57 Å². The number of hydrogen-bond acceptors (Lipinski definition) is 1. The summed E-state index contributed by atoms with van der Waals surface area (Å²) in [6.07, 6.45) is 0. The van der Waals surface area contributed by atoms with Crippen LogP contribution in [0.5, 0.6) is 0 Å². The molecule has 1 heterocycles. The zero-order valence-corrected chi connectivity index (χ0v) is 13.6. The Kier molecular flexibility index (Phi) is 2.89. The molecule has 1 unspecified atom stereocenters. The Labute approximate surface area is 131 Å². The highest BCUT2D eigenvalue weighted by Crippen LogP contribution is 2.53. The zero-order chi connectivity index (χ0) is 15.3. The van der Waals surface area contributed by atoms with Crippen LogP contribution in [0.4, 0.5) is 0 Å². The molecule has 0 fully saturated rings. The maximum absolute atomic E-state index is 14.3. The van der Waals surface area contributed by atoms with Crippen molar-refractivity contribution in [1.82, 2.24) is 0 Å². The monoisotopic (exact) mass is 304 g/mol. The number of aryl methyl sites for hydroxylation is 2. The lowest BCUT2D eigenvalue weighted by molar-refractivity contribution is 0.593. The quantitative estimate of drug-likeness (QED) is 0.487. The van der Waals surface area contributed by atoms with Crippen LogP contribution in [-0.4, -0.2) is 0 Å². The van der Waals surface area contributed by atoms with Crippen molar-refractivity contribution < 1.29 is 4.57 Å². The van der Waals surface area contributed by atoms with Crippen molar-refractivity contribution in [3.05, 3.63) is 77.9 Å². The molecule has 0 N–H and O–H groups in total. The van der Waals surface area contributed by atoms with Crippen LogP contribution in [-0.2, 0) is 4.57 Å². The standard InChI is InChI=1S/C20H17OP/c1-14-8-3-5-12-18(14)22(21)19-13-6-4-10-16(19)17-11-7-9-15(2)20(17)22/h3-13H,1-2H3. The second-order valence-electron chi connectivity index (χ2n) is 5.88. The van der Waals surface area contributed by atoms with Crippen molar-refractivity contribution in [3.8, 4) is 11.1 Å². The number of fused-ring (bicyclic) bond motifs is 3. The Bertz CT molecular complexity index is 940. The summed E-state index contributed by atoms with van der Waals surface area (Å²) in [7, 11) is -2.78. The van der Waals surface area contributed by atoms with Crippen LogP contribution in [0.1, 0.15) is 11.1 Å².